The van der Waals surface area contributed by atoms with Gasteiger partial charge in [0.15, 0.2) is 0 Å². The highest BCUT2D eigenvalue weighted by atomic mass is 16.5. The van der Waals surface area contributed by atoms with E-state index in [1.54, 1.807) is 0 Å². The minimum absolute atomic E-state index is 0.211. The van der Waals surface area contributed by atoms with Gasteiger partial charge in [-0.1, -0.05) is 76.2 Å². The Balaban J connectivity index is 1.39. The van der Waals surface area contributed by atoms with Gasteiger partial charge in [-0.3, -0.25) is 0 Å². The van der Waals surface area contributed by atoms with Crippen LogP contribution in [0.3, 0.4) is 0 Å². The number of benzene rings is 5. The van der Waals surface area contributed by atoms with Crippen LogP contribution in [-0.4, -0.2) is 0 Å². The van der Waals surface area contributed by atoms with Gasteiger partial charge in [0.05, 0.1) is 0 Å². The first-order chi connectivity index (χ1) is 20.8. The Morgan fingerprint density at radius 3 is 1.07 bits per heavy atom. The van der Waals surface area contributed by atoms with E-state index in [4.69, 9.17) is 20.9 Å². The molecule has 0 radical (unpaired) electrons. The summed E-state index contributed by atoms with van der Waals surface area (Å²) < 4.78 is 12.5. The summed E-state index contributed by atoms with van der Waals surface area (Å²) in [6.07, 6.45) is 0. The van der Waals surface area contributed by atoms with Gasteiger partial charge in [-0.05, 0) is 121 Å². The molecule has 0 heterocycles. The molecule has 0 bridgehead atoms. The zero-order valence-electron chi connectivity index (χ0n) is 27.2. The van der Waals surface area contributed by atoms with E-state index in [2.05, 4.69) is 102 Å². The molecule has 0 atom stereocenters. The predicted octanol–water partition coefficient (Wildman–Crippen LogP) is 10.3. The smallest absolute Gasteiger partial charge is 0.130 e. The number of aryl methyl sites for hydroxylation is 4. The first-order valence-corrected chi connectivity index (χ1v) is 15.2. The van der Waals surface area contributed by atoms with E-state index >= 15 is 0 Å². The molecule has 0 aliphatic carbocycles. The molecule has 0 fully saturated rings. The van der Waals surface area contributed by atoms with Gasteiger partial charge in [0.2, 0.25) is 0 Å². The summed E-state index contributed by atoms with van der Waals surface area (Å²) in [6, 6.07) is 33.5. The molecule has 0 aromatic heterocycles. The normalized spacial score (nSPS) is 11.8. The van der Waals surface area contributed by atoms with E-state index in [1.165, 1.54) is 22.3 Å². The molecule has 0 aliphatic heterocycles. The van der Waals surface area contributed by atoms with Crippen LogP contribution in [0.15, 0.2) is 97.1 Å². The summed E-state index contributed by atoms with van der Waals surface area (Å²) >= 11 is 0. The van der Waals surface area contributed by atoms with E-state index in [1.807, 2.05) is 50.2 Å². The minimum atomic E-state index is -0.211. The van der Waals surface area contributed by atoms with Crippen LogP contribution in [0.5, 0.6) is 23.0 Å². The first-order valence-electron chi connectivity index (χ1n) is 15.2. The third-order valence-electron chi connectivity index (χ3n) is 8.94. The molecule has 4 nitrogen and oxygen atoms in total. The summed E-state index contributed by atoms with van der Waals surface area (Å²) in [5, 5.41) is 0. The predicted molar refractivity (Wildman–Crippen MR) is 184 cm³/mol. The van der Waals surface area contributed by atoms with Crippen molar-refractivity contribution in [2.24, 2.45) is 0 Å². The van der Waals surface area contributed by atoms with Gasteiger partial charge in [0, 0.05) is 22.2 Å². The van der Waals surface area contributed by atoms with Gasteiger partial charge in [-0.25, -0.2) is 0 Å². The second kappa shape index (κ2) is 11.8. The lowest BCUT2D eigenvalue weighted by molar-refractivity contribution is 0.474. The number of nitrogens with two attached hydrogens (primary N) is 2. The Labute approximate surface area is 262 Å². The fourth-order valence-electron chi connectivity index (χ4n) is 5.75. The van der Waals surface area contributed by atoms with E-state index in [0.717, 1.165) is 56.6 Å². The van der Waals surface area contributed by atoms with Crippen LogP contribution < -0.4 is 20.9 Å². The third-order valence-corrected chi connectivity index (χ3v) is 8.94. The van der Waals surface area contributed by atoms with Crippen LogP contribution in [-0.2, 0) is 10.8 Å². The molecule has 0 aliphatic rings. The molecule has 0 unspecified atom stereocenters. The Morgan fingerprint density at radius 2 is 0.727 bits per heavy atom. The van der Waals surface area contributed by atoms with Crippen molar-refractivity contribution < 1.29 is 9.47 Å². The maximum atomic E-state index is 6.27. The van der Waals surface area contributed by atoms with Crippen LogP contribution in [0.1, 0.15) is 72.2 Å². The summed E-state index contributed by atoms with van der Waals surface area (Å²) in [5.74, 6) is 3.34. The third kappa shape index (κ3) is 6.16. The Kier molecular flexibility index (Phi) is 8.22. The fourth-order valence-corrected chi connectivity index (χ4v) is 5.75. The lowest BCUT2D eigenvalue weighted by Gasteiger charge is -2.31. The molecule has 0 saturated carbocycles. The summed E-state index contributed by atoms with van der Waals surface area (Å²) in [7, 11) is 0. The van der Waals surface area contributed by atoms with Crippen molar-refractivity contribution in [1.82, 2.24) is 0 Å². The second-order valence-corrected chi connectivity index (χ2v) is 13.0. The van der Waals surface area contributed by atoms with Gasteiger partial charge in [0.25, 0.3) is 0 Å². The largest absolute Gasteiger partial charge is 0.457 e. The highest BCUT2D eigenvalue weighted by Gasteiger charge is 2.28. The number of nitrogen functional groups attached to an aromatic ring is 2. The van der Waals surface area contributed by atoms with Crippen molar-refractivity contribution in [1.29, 1.82) is 0 Å². The quantitative estimate of drug-likeness (QED) is 0.178. The molecular formula is C40H44N2O2. The minimum Gasteiger partial charge on any atom is -0.457 e. The Morgan fingerprint density at radius 1 is 0.409 bits per heavy atom. The first kappa shape index (κ1) is 30.7. The topological polar surface area (TPSA) is 70.5 Å². The molecule has 5 aromatic rings. The maximum Gasteiger partial charge on any atom is 0.130 e. The van der Waals surface area contributed by atoms with Crippen LogP contribution in [0.4, 0.5) is 11.4 Å². The van der Waals surface area contributed by atoms with Gasteiger partial charge >= 0.3 is 0 Å². The SMILES string of the molecule is Cc1cc(N)ccc1Oc1ccc(C(C)(C)c2cccc(C(C)(C)c3ccc(Oc4ccc(N)cc4C)c(C)c3)c2)cc1C. The van der Waals surface area contributed by atoms with E-state index in [-0.39, 0.29) is 10.8 Å². The summed E-state index contributed by atoms with van der Waals surface area (Å²) in [6.45, 7) is 17.4. The fraction of sp³-hybridized carbons (Fsp3) is 0.250. The molecule has 0 spiro atoms. The zero-order chi connectivity index (χ0) is 31.8. The van der Waals surface area contributed by atoms with Crippen molar-refractivity contribution in [3.05, 3.63) is 142 Å². The lowest BCUT2D eigenvalue weighted by atomic mass is 9.73. The Bertz CT molecular complexity index is 1700. The molecule has 4 heteroatoms. The van der Waals surface area contributed by atoms with Crippen LogP contribution in [0.2, 0.25) is 0 Å². The molecule has 5 aromatic carbocycles. The lowest BCUT2D eigenvalue weighted by Crippen LogP contribution is -2.23. The second-order valence-electron chi connectivity index (χ2n) is 13.0. The molecule has 44 heavy (non-hydrogen) atoms. The molecule has 4 N–H and O–H groups in total. The number of ether oxygens (including phenoxy) is 2. The number of rotatable bonds is 8. The van der Waals surface area contributed by atoms with Crippen molar-refractivity contribution >= 4 is 11.4 Å². The van der Waals surface area contributed by atoms with Crippen molar-refractivity contribution in [2.75, 3.05) is 11.5 Å². The monoisotopic (exact) mass is 584 g/mol. The highest BCUT2D eigenvalue weighted by Crippen LogP contribution is 2.40. The average Bonchev–Trinajstić information content (AvgIpc) is 2.97. The van der Waals surface area contributed by atoms with Crippen LogP contribution in [0.25, 0.3) is 0 Å². The highest BCUT2D eigenvalue weighted by molar-refractivity contribution is 5.53. The van der Waals surface area contributed by atoms with E-state index in [0.29, 0.717) is 0 Å². The number of anilines is 2. The van der Waals surface area contributed by atoms with Gasteiger partial charge in [-0.2, -0.15) is 0 Å². The number of hydrogen-bond acceptors (Lipinski definition) is 4. The summed E-state index contributed by atoms with van der Waals surface area (Å²) in [4.78, 5) is 0. The zero-order valence-corrected chi connectivity index (χ0v) is 27.2. The van der Waals surface area contributed by atoms with Gasteiger partial charge < -0.3 is 20.9 Å². The van der Waals surface area contributed by atoms with Crippen LogP contribution in [0, 0.1) is 27.7 Å². The van der Waals surface area contributed by atoms with Crippen molar-refractivity contribution in [3.8, 4) is 23.0 Å². The number of hydrogen-bond donors (Lipinski definition) is 2. The molecule has 0 amide bonds. The van der Waals surface area contributed by atoms with Crippen LogP contribution >= 0.6 is 0 Å². The standard InChI is InChI=1S/C40H44N2O2/c1-25-20-31(12-16-35(25)43-37-18-14-33(41)22-27(37)3)39(5,6)29-10-9-11-30(24-29)40(7,8)32-13-17-36(26(2)21-32)44-38-19-15-34(42)23-28(38)4/h9-24H,41-42H2,1-8H3. The summed E-state index contributed by atoms with van der Waals surface area (Å²) in [5.41, 5.74) is 22.1. The Hall–Kier alpha value is -4.70. The van der Waals surface area contributed by atoms with E-state index < -0.39 is 0 Å². The van der Waals surface area contributed by atoms with Crippen molar-refractivity contribution in [2.45, 2.75) is 66.2 Å². The molecule has 226 valence electrons. The molecule has 0 saturated heterocycles. The maximum absolute atomic E-state index is 6.27. The van der Waals surface area contributed by atoms with Crippen molar-refractivity contribution in [3.63, 3.8) is 0 Å². The van der Waals surface area contributed by atoms with Gasteiger partial charge in [0.1, 0.15) is 23.0 Å². The molecular weight excluding hydrogens is 540 g/mol. The molecule has 5 rings (SSSR count). The van der Waals surface area contributed by atoms with Gasteiger partial charge in [-0.15, -0.1) is 0 Å². The average molecular weight is 585 g/mol. The van der Waals surface area contributed by atoms with E-state index in [9.17, 15) is 0 Å².